The van der Waals surface area contributed by atoms with E-state index in [2.05, 4.69) is 26.3 Å². The summed E-state index contributed by atoms with van der Waals surface area (Å²) in [6.07, 6.45) is 4.33. The number of rotatable bonds is 5. The molecule has 1 aliphatic carbocycles. The number of hydrogen-bond donors (Lipinski definition) is 3. The van der Waals surface area contributed by atoms with Gasteiger partial charge < -0.3 is 20.3 Å². The van der Waals surface area contributed by atoms with Crippen molar-refractivity contribution in [3.63, 3.8) is 0 Å². The maximum Gasteiger partial charge on any atom is 0.274 e. The molecule has 0 bridgehead atoms. The summed E-state index contributed by atoms with van der Waals surface area (Å²) in [6.45, 7) is 0.324. The molecule has 2 aromatic rings. The van der Waals surface area contributed by atoms with Gasteiger partial charge in [-0.2, -0.15) is 10.2 Å². The molecule has 24 heavy (non-hydrogen) atoms. The number of hydrogen-bond acceptors (Lipinski definition) is 7. The fourth-order valence-electron chi connectivity index (χ4n) is 3.05. The summed E-state index contributed by atoms with van der Waals surface area (Å²) >= 11 is 0. The molecular weight excluding hydrogens is 308 g/mol. The Bertz CT molecular complexity index is 827. The Morgan fingerprint density at radius 2 is 2.33 bits per heavy atom. The average Bonchev–Trinajstić information content (AvgIpc) is 3.03. The predicted octanol–water partition coefficient (Wildman–Crippen LogP) is 0.851. The van der Waals surface area contributed by atoms with Gasteiger partial charge in [0.15, 0.2) is 0 Å². The number of aromatic nitrogens is 3. The highest BCUT2D eigenvalue weighted by Gasteiger charge is 2.28. The van der Waals surface area contributed by atoms with Crippen molar-refractivity contribution in [2.24, 2.45) is 5.92 Å². The summed E-state index contributed by atoms with van der Waals surface area (Å²) in [7, 11) is 1.76. The number of aliphatic hydroxyl groups is 1. The van der Waals surface area contributed by atoms with Crippen LogP contribution in [0.3, 0.4) is 0 Å². The monoisotopic (exact) mass is 328 g/mol. The minimum absolute atomic E-state index is 0.0170. The van der Waals surface area contributed by atoms with E-state index in [0.717, 1.165) is 19.3 Å². The van der Waals surface area contributed by atoms with Crippen molar-refractivity contribution in [3.05, 3.63) is 22.6 Å². The number of H-pyrrole nitrogens is 1. The smallest absolute Gasteiger partial charge is 0.274 e. The van der Waals surface area contributed by atoms with Gasteiger partial charge in [0.2, 0.25) is 5.95 Å². The molecule has 2 heterocycles. The molecule has 1 fully saturated rings. The van der Waals surface area contributed by atoms with Gasteiger partial charge >= 0.3 is 0 Å². The third kappa shape index (κ3) is 3.03. The first-order chi connectivity index (χ1) is 11.6. The molecule has 0 saturated heterocycles. The van der Waals surface area contributed by atoms with Crippen molar-refractivity contribution in [1.82, 2.24) is 15.0 Å². The van der Waals surface area contributed by atoms with E-state index in [0.29, 0.717) is 29.2 Å². The molecule has 0 amide bonds. The number of nitrogens with one attached hydrogen (secondary N) is 2. The van der Waals surface area contributed by atoms with Crippen LogP contribution in [0.15, 0.2) is 17.1 Å². The normalized spacial score (nSPS) is 20.0. The van der Waals surface area contributed by atoms with Crippen LogP contribution in [0.25, 0.3) is 10.9 Å². The van der Waals surface area contributed by atoms with Crippen LogP contribution in [0.5, 0.6) is 0 Å². The van der Waals surface area contributed by atoms with Gasteiger partial charge in [0.25, 0.3) is 5.56 Å². The number of likely N-dealkylation sites (N-methyl/N-ethyl adjacent to an activating group) is 1. The predicted molar refractivity (Wildman–Crippen MR) is 90.9 cm³/mol. The largest absolute Gasteiger partial charge is 0.395 e. The second-order valence-electron chi connectivity index (χ2n) is 6.00. The summed E-state index contributed by atoms with van der Waals surface area (Å²) in [6, 6.07) is 4.11. The van der Waals surface area contributed by atoms with Gasteiger partial charge in [-0.1, -0.05) is 0 Å². The van der Waals surface area contributed by atoms with Crippen molar-refractivity contribution < 1.29 is 5.11 Å². The van der Waals surface area contributed by atoms with Crippen LogP contribution >= 0.6 is 0 Å². The summed E-state index contributed by atoms with van der Waals surface area (Å²) in [4.78, 5) is 25.3. The van der Waals surface area contributed by atoms with Crippen LogP contribution in [0.2, 0.25) is 0 Å². The van der Waals surface area contributed by atoms with Crippen LogP contribution in [-0.4, -0.2) is 46.3 Å². The summed E-state index contributed by atoms with van der Waals surface area (Å²) < 4.78 is 0. The molecule has 3 N–H and O–H groups in total. The Kier molecular flexibility index (Phi) is 4.62. The van der Waals surface area contributed by atoms with Crippen molar-refractivity contribution in [1.29, 1.82) is 5.26 Å². The molecule has 8 heteroatoms. The number of fused-ring (bicyclic) bond motifs is 1. The third-order valence-corrected chi connectivity index (χ3v) is 4.39. The molecule has 2 atom stereocenters. The molecule has 2 aromatic heterocycles. The maximum atomic E-state index is 12.1. The second kappa shape index (κ2) is 6.84. The first-order valence-electron chi connectivity index (χ1n) is 8.01. The Balaban J connectivity index is 2.06. The zero-order valence-electron chi connectivity index (χ0n) is 13.5. The molecule has 0 aliphatic heterocycles. The van der Waals surface area contributed by atoms with Crippen molar-refractivity contribution in [2.75, 3.05) is 30.4 Å². The minimum atomic E-state index is -0.292. The fourth-order valence-corrected chi connectivity index (χ4v) is 3.05. The van der Waals surface area contributed by atoms with Crippen LogP contribution in [-0.2, 0) is 0 Å². The van der Waals surface area contributed by atoms with Gasteiger partial charge in [0, 0.05) is 31.2 Å². The molecule has 126 valence electrons. The van der Waals surface area contributed by atoms with Gasteiger partial charge in [0.05, 0.1) is 18.6 Å². The van der Waals surface area contributed by atoms with E-state index < -0.39 is 0 Å². The van der Waals surface area contributed by atoms with Crippen molar-refractivity contribution in [2.45, 2.75) is 25.3 Å². The first-order valence-corrected chi connectivity index (χ1v) is 8.01. The average molecular weight is 328 g/mol. The van der Waals surface area contributed by atoms with Crippen LogP contribution in [0.1, 0.15) is 19.3 Å². The van der Waals surface area contributed by atoms with Gasteiger partial charge in [-0.3, -0.25) is 4.79 Å². The lowest BCUT2D eigenvalue weighted by atomic mass is 10.1. The van der Waals surface area contributed by atoms with E-state index in [1.165, 1.54) is 0 Å². The van der Waals surface area contributed by atoms with Gasteiger partial charge in [-0.15, -0.1) is 0 Å². The highest BCUT2D eigenvalue weighted by atomic mass is 16.3. The highest BCUT2D eigenvalue weighted by Crippen LogP contribution is 2.30. The SMILES string of the molecule is CN(CCO)c1nc(N[C@@H]2CCC[C@@H]2C#N)c2cc[nH]c(=O)c2n1. The molecule has 0 radical (unpaired) electrons. The third-order valence-electron chi connectivity index (χ3n) is 4.39. The zero-order chi connectivity index (χ0) is 17.1. The van der Waals surface area contributed by atoms with E-state index in [9.17, 15) is 10.1 Å². The minimum Gasteiger partial charge on any atom is -0.395 e. The Morgan fingerprint density at radius 1 is 1.50 bits per heavy atom. The van der Waals surface area contributed by atoms with Crippen molar-refractivity contribution in [3.8, 4) is 6.07 Å². The number of aliphatic hydroxyl groups excluding tert-OH is 1. The first kappa shape index (κ1) is 16.2. The van der Waals surface area contributed by atoms with E-state index >= 15 is 0 Å². The van der Waals surface area contributed by atoms with E-state index in [4.69, 9.17) is 5.11 Å². The van der Waals surface area contributed by atoms with Crippen LogP contribution in [0.4, 0.5) is 11.8 Å². The summed E-state index contributed by atoms with van der Waals surface area (Å²) in [5, 5.41) is 22.3. The quantitative estimate of drug-likeness (QED) is 0.744. The molecule has 1 aliphatic rings. The number of anilines is 2. The molecule has 8 nitrogen and oxygen atoms in total. The highest BCUT2D eigenvalue weighted by molar-refractivity contribution is 5.89. The van der Waals surface area contributed by atoms with Crippen LogP contribution in [0, 0.1) is 17.2 Å². The summed E-state index contributed by atoms with van der Waals surface area (Å²) in [5.74, 6) is 0.857. The number of nitrogens with zero attached hydrogens (tertiary/aromatic N) is 4. The second-order valence-corrected chi connectivity index (χ2v) is 6.00. The Labute approximate surface area is 139 Å². The van der Waals surface area contributed by atoms with Gasteiger partial charge in [-0.05, 0) is 25.3 Å². The molecule has 0 spiro atoms. The van der Waals surface area contributed by atoms with Crippen LogP contribution < -0.4 is 15.8 Å². The number of aromatic amines is 1. The number of pyridine rings is 1. The lowest BCUT2D eigenvalue weighted by molar-refractivity contribution is 0.303. The zero-order valence-corrected chi connectivity index (χ0v) is 13.5. The molecule has 1 saturated carbocycles. The van der Waals surface area contributed by atoms with Crippen molar-refractivity contribution >= 4 is 22.7 Å². The van der Waals surface area contributed by atoms with Gasteiger partial charge in [-0.25, -0.2) is 4.98 Å². The van der Waals surface area contributed by atoms with Gasteiger partial charge in [0.1, 0.15) is 11.3 Å². The summed E-state index contributed by atoms with van der Waals surface area (Å²) in [5.41, 5.74) is 0.00106. The molecular formula is C16H20N6O2. The maximum absolute atomic E-state index is 12.1. The number of nitriles is 1. The Morgan fingerprint density at radius 3 is 3.08 bits per heavy atom. The molecule has 3 rings (SSSR count). The van der Waals surface area contributed by atoms with E-state index in [1.807, 2.05) is 0 Å². The molecule has 0 unspecified atom stereocenters. The standard InChI is InChI=1S/C16H20N6O2/c1-22(7-8-23)16-20-13-11(5-6-18-15(13)24)14(21-16)19-12-4-2-3-10(12)9-17/h5-6,10,12,23H,2-4,7-8H2,1H3,(H,18,24)(H,19,20,21)/t10-,12-/m1/s1. The molecule has 0 aromatic carbocycles. The fraction of sp³-hybridized carbons (Fsp3) is 0.500. The Hall–Kier alpha value is -2.66. The topological polar surface area (TPSA) is 118 Å². The lowest BCUT2D eigenvalue weighted by Crippen LogP contribution is -2.27. The lowest BCUT2D eigenvalue weighted by Gasteiger charge is -2.21. The van der Waals surface area contributed by atoms with E-state index in [-0.39, 0.29) is 24.1 Å². The van der Waals surface area contributed by atoms with E-state index in [1.54, 1.807) is 24.2 Å².